The lowest BCUT2D eigenvalue weighted by Gasteiger charge is -2.23. The van der Waals surface area contributed by atoms with Gasteiger partial charge in [-0.15, -0.1) is 0 Å². The molecule has 0 saturated carbocycles. The van der Waals surface area contributed by atoms with Gasteiger partial charge >= 0.3 is 0 Å². The van der Waals surface area contributed by atoms with Crippen LogP contribution in [0.3, 0.4) is 0 Å². The molecule has 2 amide bonds. The number of furan rings is 1. The van der Waals surface area contributed by atoms with Gasteiger partial charge < -0.3 is 19.2 Å². The van der Waals surface area contributed by atoms with Gasteiger partial charge in [-0.25, -0.2) is 4.39 Å². The smallest absolute Gasteiger partial charge is 0.287 e. The predicted octanol–water partition coefficient (Wildman–Crippen LogP) is 4.69. The summed E-state index contributed by atoms with van der Waals surface area (Å²) in [6, 6.07) is 18.9. The Morgan fingerprint density at radius 2 is 1.89 bits per heavy atom. The summed E-state index contributed by atoms with van der Waals surface area (Å²) in [5.41, 5.74) is 1.85. The number of rotatable bonds is 11. The summed E-state index contributed by atoms with van der Waals surface area (Å²) >= 11 is 0. The van der Waals surface area contributed by atoms with E-state index in [0.29, 0.717) is 38.4 Å². The van der Waals surface area contributed by atoms with Crippen molar-refractivity contribution < 1.29 is 18.4 Å². The Hall–Kier alpha value is -4.20. The van der Waals surface area contributed by atoms with Gasteiger partial charge in [-0.05, 0) is 55.0 Å². The van der Waals surface area contributed by atoms with Crippen molar-refractivity contribution in [2.24, 2.45) is 0 Å². The molecule has 0 radical (unpaired) electrons. The molecule has 36 heavy (non-hydrogen) atoms. The fourth-order valence-electron chi connectivity index (χ4n) is 3.96. The molecule has 0 unspecified atom stereocenters. The van der Waals surface area contributed by atoms with Gasteiger partial charge in [-0.1, -0.05) is 25.1 Å². The molecule has 3 heterocycles. The summed E-state index contributed by atoms with van der Waals surface area (Å²) in [6.07, 6.45) is 5.00. The largest absolute Gasteiger partial charge is 0.454 e. The van der Waals surface area contributed by atoms with Crippen LogP contribution in [0.2, 0.25) is 0 Å². The third-order valence-electron chi connectivity index (χ3n) is 5.77. The lowest BCUT2D eigenvalue weighted by atomic mass is 10.1. The van der Waals surface area contributed by atoms with E-state index in [1.165, 1.54) is 12.1 Å². The van der Waals surface area contributed by atoms with Crippen molar-refractivity contribution in [3.63, 3.8) is 0 Å². The molecule has 0 atom stereocenters. The van der Waals surface area contributed by atoms with Gasteiger partial charge in [0.25, 0.3) is 11.8 Å². The van der Waals surface area contributed by atoms with Crippen LogP contribution in [0.15, 0.2) is 83.5 Å². The van der Waals surface area contributed by atoms with Crippen LogP contribution in [-0.4, -0.2) is 39.4 Å². The maximum atomic E-state index is 14.2. The fourth-order valence-corrected chi connectivity index (χ4v) is 3.96. The number of nitrogens with zero attached hydrogens (tertiary/aromatic N) is 3. The highest BCUT2D eigenvalue weighted by atomic mass is 19.1. The third kappa shape index (κ3) is 6.27. The standard InChI is InChI=1S/C28H29FN4O3/c1-2-17-33(28(35)24-10-3-4-11-25(24)29)19-22-9-7-18-32(22)20-23-12-13-26(36-23)27(34)31-16-14-21-8-5-6-15-30-21/h3-13,15,18H,2,14,16-17,19-20H2,1H3,(H,31,34). The number of hydrogen-bond acceptors (Lipinski definition) is 4. The van der Waals surface area contributed by atoms with Crippen LogP contribution in [0.4, 0.5) is 4.39 Å². The zero-order valence-corrected chi connectivity index (χ0v) is 20.2. The van der Waals surface area contributed by atoms with Crippen molar-refractivity contribution in [1.82, 2.24) is 19.8 Å². The van der Waals surface area contributed by atoms with E-state index in [0.717, 1.165) is 17.8 Å². The highest BCUT2D eigenvalue weighted by Gasteiger charge is 2.20. The van der Waals surface area contributed by atoms with Crippen LogP contribution in [0.25, 0.3) is 0 Å². The number of carbonyl (C=O) groups is 2. The molecule has 0 fully saturated rings. The average Bonchev–Trinajstić information content (AvgIpc) is 3.54. The minimum Gasteiger partial charge on any atom is -0.454 e. The second-order valence-corrected chi connectivity index (χ2v) is 8.43. The Bertz CT molecular complexity index is 1300. The van der Waals surface area contributed by atoms with E-state index in [1.807, 2.05) is 48.0 Å². The van der Waals surface area contributed by atoms with Gasteiger partial charge in [0.2, 0.25) is 0 Å². The van der Waals surface area contributed by atoms with Crippen LogP contribution in [0.1, 0.15) is 51.4 Å². The van der Waals surface area contributed by atoms with Crippen molar-refractivity contribution in [2.75, 3.05) is 13.1 Å². The van der Waals surface area contributed by atoms with Crippen LogP contribution >= 0.6 is 0 Å². The van der Waals surface area contributed by atoms with Crippen LogP contribution in [0, 0.1) is 5.82 Å². The van der Waals surface area contributed by atoms with Crippen LogP contribution < -0.4 is 5.32 Å². The average molecular weight is 489 g/mol. The first-order valence-corrected chi connectivity index (χ1v) is 12.0. The molecule has 7 nitrogen and oxygen atoms in total. The minimum atomic E-state index is -0.527. The second-order valence-electron chi connectivity index (χ2n) is 8.43. The molecule has 186 valence electrons. The Kier molecular flexibility index (Phi) is 8.28. The quantitative estimate of drug-likeness (QED) is 0.332. The number of halogens is 1. The molecular formula is C28H29FN4O3. The summed E-state index contributed by atoms with van der Waals surface area (Å²) in [7, 11) is 0. The molecule has 0 spiro atoms. The SMILES string of the molecule is CCCN(Cc1cccn1Cc1ccc(C(=O)NCCc2ccccn2)o1)C(=O)c1ccccc1F. The summed E-state index contributed by atoms with van der Waals surface area (Å²) in [4.78, 5) is 31.4. The first kappa shape index (κ1) is 24.9. The van der Waals surface area contributed by atoms with Crippen molar-refractivity contribution in [1.29, 1.82) is 0 Å². The third-order valence-corrected chi connectivity index (χ3v) is 5.77. The highest BCUT2D eigenvalue weighted by Crippen LogP contribution is 2.17. The van der Waals surface area contributed by atoms with E-state index in [9.17, 15) is 14.0 Å². The number of pyridine rings is 1. The maximum Gasteiger partial charge on any atom is 0.287 e. The molecule has 4 rings (SSSR count). The Labute approximate surface area is 209 Å². The summed E-state index contributed by atoms with van der Waals surface area (Å²) in [5.74, 6) is -0.299. The minimum absolute atomic E-state index is 0.0637. The number of carbonyl (C=O) groups excluding carboxylic acids is 2. The lowest BCUT2D eigenvalue weighted by Crippen LogP contribution is -2.32. The van der Waals surface area contributed by atoms with Crippen molar-refractivity contribution in [3.05, 3.63) is 113 Å². The van der Waals surface area contributed by atoms with Crippen molar-refractivity contribution >= 4 is 11.8 Å². The van der Waals surface area contributed by atoms with Gasteiger partial charge in [0.1, 0.15) is 11.6 Å². The van der Waals surface area contributed by atoms with Crippen molar-refractivity contribution in [3.8, 4) is 0 Å². The molecule has 0 saturated heterocycles. The number of hydrogen-bond donors (Lipinski definition) is 1. The number of amides is 2. The molecule has 8 heteroatoms. The Morgan fingerprint density at radius 1 is 1.06 bits per heavy atom. The molecule has 1 aromatic carbocycles. The second kappa shape index (κ2) is 12.0. The topological polar surface area (TPSA) is 80.4 Å². The maximum absolute atomic E-state index is 14.2. The zero-order valence-electron chi connectivity index (χ0n) is 20.2. The first-order valence-electron chi connectivity index (χ1n) is 12.0. The van der Waals surface area contributed by atoms with E-state index in [1.54, 1.807) is 35.4 Å². The molecule has 0 aliphatic heterocycles. The summed E-state index contributed by atoms with van der Waals surface area (Å²) in [6.45, 7) is 3.66. The molecule has 1 N–H and O–H groups in total. The van der Waals surface area contributed by atoms with E-state index in [-0.39, 0.29) is 23.1 Å². The van der Waals surface area contributed by atoms with Gasteiger partial charge in [-0.2, -0.15) is 0 Å². The molecule has 4 aromatic rings. The number of benzene rings is 1. The highest BCUT2D eigenvalue weighted by molar-refractivity contribution is 5.94. The first-order chi connectivity index (χ1) is 17.5. The zero-order chi connectivity index (χ0) is 25.3. The van der Waals surface area contributed by atoms with E-state index in [4.69, 9.17) is 4.42 Å². The van der Waals surface area contributed by atoms with Crippen LogP contribution in [-0.2, 0) is 19.5 Å². The summed E-state index contributed by atoms with van der Waals surface area (Å²) < 4.78 is 22.0. The van der Waals surface area contributed by atoms with E-state index < -0.39 is 5.82 Å². The number of nitrogens with one attached hydrogen (secondary N) is 1. The lowest BCUT2D eigenvalue weighted by molar-refractivity contribution is 0.0734. The monoisotopic (exact) mass is 488 g/mol. The van der Waals surface area contributed by atoms with Gasteiger partial charge in [0.05, 0.1) is 18.7 Å². The van der Waals surface area contributed by atoms with Gasteiger partial charge in [0.15, 0.2) is 5.76 Å². The molecule has 0 aliphatic rings. The molecular weight excluding hydrogens is 459 g/mol. The Morgan fingerprint density at radius 3 is 2.67 bits per heavy atom. The predicted molar refractivity (Wildman–Crippen MR) is 134 cm³/mol. The molecule has 0 aliphatic carbocycles. The normalized spacial score (nSPS) is 10.8. The molecule has 0 bridgehead atoms. The Balaban J connectivity index is 1.38. The van der Waals surface area contributed by atoms with Gasteiger partial charge in [0, 0.05) is 43.3 Å². The van der Waals surface area contributed by atoms with Crippen LogP contribution in [0.5, 0.6) is 0 Å². The fraction of sp³-hybridized carbons (Fsp3) is 0.250. The van der Waals surface area contributed by atoms with E-state index in [2.05, 4.69) is 10.3 Å². The number of aromatic nitrogens is 2. The van der Waals surface area contributed by atoms with Gasteiger partial charge in [-0.3, -0.25) is 14.6 Å². The van der Waals surface area contributed by atoms with E-state index >= 15 is 0 Å². The van der Waals surface area contributed by atoms with Crippen molar-refractivity contribution in [2.45, 2.75) is 32.9 Å². The summed E-state index contributed by atoms with van der Waals surface area (Å²) in [5, 5.41) is 2.85. The molecule has 3 aromatic heterocycles.